The van der Waals surface area contributed by atoms with Crippen LogP contribution in [0.5, 0.6) is 0 Å². The summed E-state index contributed by atoms with van der Waals surface area (Å²) < 4.78 is 0. The van der Waals surface area contributed by atoms with Crippen LogP contribution in [-0.4, -0.2) is 4.98 Å². The predicted molar refractivity (Wildman–Crippen MR) is 77.2 cm³/mol. The molecule has 0 amide bonds. The van der Waals surface area contributed by atoms with Gasteiger partial charge in [-0.3, -0.25) is 0 Å². The molecule has 1 N–H and O–H groups in total. The van der Waals surface area contributed by atoms with Crippen LogP contribution in [0.15, 0.2) is 36.4 Å². The van der Waals surface area contributed by atoms with Crippen molar-refractivity contribution in [3.63, 3.8) is 0 Å². The predicted octanol–water partition coefficient (Wildman–Crippen LogP) is 4.09. The number of aromatic nitrogens is 1. The molecule has 1 unspecified atom stereocenters. The number of nitrogens with zero attached hydrogens (tertiary/aromatic N) is 2. The molecule has 1 heterocycles. The zero-order valence-electron chi connectivity index (χ0n) is 10.8. The molecule has 0 saturated heterocycles. The lowest BCUT2D eigenvalue weighted by Crippen LogP contribution is -2.09. The third kappa shape index (κ3) is 3.24. The van der Waals surface area contributed by atoms with Crippen LogP contribution in [-0.2, 0) is 0 Å². The molecule has 2 rings (SSSR count). The molecule has 96 valence electrons. The maximum absolute atomic E-state index is 9.08. The number of pyridine rings is 1. The summed E-state index contributed by atoms with van der Waals surface area (Å²) in [7, 11) is 0. The molecule has 0 aliphatic heterocycles. The van der Waals surface area contributed by atoms with Gasteiger partial charge in [0.15, 0.2) is 0 Å². The number of anilines is 1. The zero-order chi connectivity index (χ0) is 13.8. The van der Waals surface area contributed by atoms with Gasteiger partial charge in [0, 0.05) is 16.8 Å². The average Bonchev–Trinajstić information content (AvgIpc) is 2.39. The van der Waals surface area contributed by atoms with E-state index in [-0.39, 0.29) is 6.04 Å². The van der Waals surface area contributed by atoms with Crippen LogP contribution in [0.1, 0.15) is 29.8 Å². The summed E-state index contributed by atoms with van der Waals surface area (Å²) >= 11 is 5.87. The van der Waals surface area contributed by atoms with E-state index in [1.807, 2.05) is 44.2 Å². The number of nitrogens with one attached hydrogen (secondary N) is 1. The summed E-state index contributed by atoms with van der Waals surface area (Å²) in [5, 5.41) is 13.1. The van der Waals surface area contributed by atoms with E-state index in [1.165, 1.54) is 0 Å². The molecule has 1 aromatic carbocycles. The Bertz CT molecular complexity index is 614. The Morgan fingerprint density at radius 3 is 2.53 bits per heavy atom. The highest BCUT2D eigenvalue weighted by Crippen LogP contribution is 2.22. The maximum Gasteiger partial charge on any atom is 0.144 e. The number of halogens is 1. The van der Waals surface area contributed by atoms with Gasteiger partial charge in [0.2, 0.25) is 0 Å². The Kier molecular flexibility index (Phi) is 4.03. The quantitative estimate of drug-likeness (QED) is 0.915. The molecule has 0 bridgehead atoms. The average molecular weight is 272 g/mol. The fourth-order valence-electron chi connectivity index (χ4n) is 1.80. The Morgan fingerprint density at radius 1 is 1.21 bits per heavy atom. The second-order valence-corrected chi connectivity index (χ2v) is 4.81. The van der Waals surface area contributed by atoms with E-state index in [0.717, 1.165) is 11.3 Å². The van der Waals surface area contributed by atoms with Crippen LogP contribution in [0.2, 0.25) is 5.02 Å². The molecule has 0 spiro atoms. The van der Waals surface area contributed by atoms with Crippen molar-refractivity contribution in [1.82, 2.24) is 4.98 Å². The Hall–Kier alpha value is -2.05. The topological polar surface area (TPSA) is 48.7 Å². The van der Waals surface area contributed by atoms with E-state index in [0.29, 0.717) is 16.4 Å². The Morgan fingerprint density at radius 2 is 1.89 bits per heavy atom. The minimum absolute atomic E-state index is 0.0543. The summed E-state index contributed by atoms with van der Waals surface area (Å²) in [6.07, 6.45) is 0. The van der Waals surface area contributed by atoms with Gasteiger partial charge in [0.25, 0.3) is 0 Å². The summed E-state index contributed by atoms with van der Waals surface area (Å²) in [5.74, 6) is 0.616. The summed E-state index contributed by atoms with van der Waals surface area (Å²) in [6, 6.07) is 13.4. The van der Waals surface area contributed by atoms with Gasteiger partial charge >= 0.3 is 0 Å². The molecule has 1 aromatic heterocycles. The van der Waals surface area contributed by atoms with Crippen LogP contribution in [0.3, 0.4) is 0 Å². The number of benzene rings is 1. The van der Waals surface area contributed by atoms with Crippen molar-refractivity contribution in [3.8, 4) is 6.07 Å². The highest BCUT2D eigenvalue weighted by atomic mass is 35.5. The molecule has 2 aromatic rings. The van der Waals surface area contributed by atoms with E-state index in [4.69, 9.17) is 16.9 Å². The van der Waals surface area contributed by atoms with Crippen LogP contribution in [0.25, 0.3) is 0 Å². The standard InChI is InChI=1S/C15H14ClN3/c1-10-3-4-13(9-17)15(18-10)19-11(2)12-5-7-14(16)8-6-12/h3-8,11H,1-2H3,(H,18,19). The van der Waals surface area contributed by atoms with E-state index >= 15 is 0 Å². The fraction of sp³-hybridized carbons (Fsp3) is 0.200. The molecule has 0 saturated carbocycles. The van der Waals surface area contributed by atoms with E-state index in [2.05, 4.69) is 16.4 Å². The Labute approximate surface area is 117 Å². The zero-order valence-corrected chi connectivity index (χ0v) is 11.6. The van der Waals surface area contributed by atoms with Crippen molar-refractivity contribution in [2.45, 2.75) is 19.9 Å². The maximum atomic E-state index is 9.08. The molecule has 0 aliphatic rings. The lowest BCUT2D eigenvalue weighted by Gasteiger charge is -2.16. The van der Waals surface area contributed by atoms with Gasteiger partial charge < -0.3 is 5.32 Å². The van der Waals surface area contributed by atoms with Gasteiger partial charge in [-0.1, -0.05) is 23.7 Å². The SMILES string of the molecule is Cc1ccc(C#N)c(NC(C)c2ccc(Cl)cc2)n1. The Balaban J connectivity index is 2.23. The van der Waals surface area contributed by atoms with Gasteiger partial charge in [0.1, 0.15) is 11.9 Å². The van der Waals surface area contributed by atoms with Crippen molar-refractivity contribution < 1.29 is 0 Å². The largest absolute Gasteiger partial charge is 0.362 e. The number of aryl methyl sites for hydroxylation is 1. The molecule has 3 nitrogen and oxygen atoms in total. The molecule has 19 heavy (non-hydrogen) atoms. The van der Waals surface area contributed by atoms with E-state index in [9.17, 15) is 0 Å². The van der Waals surface area contributed by atoms with Crippen LogP contribution in [0, 0.1) is 18.3 Å². The third-order valence-corrected chi connectivity index (χ3v) is 3.13. The monoisotopic (exact) mass is 271 g/mol. The van der Waals surface area contributed by atoms with Gasteiger partial charge in [-0.15, -0.1) is 0 Å². The number of rotatable bonds is 3. The molecule has 0 radical (unpaired) electrons. The molecular weight excluding hydrogens is 258 g/mol. The first-order valence-electron chi connectivity index (χ1n) is 6.00. The number of nitriles is 1. The summed E-state index contributed by atoms with van der Waals surface area (Å²) in [5.41, 5.74) is 2.52. The number of hydrogen-bond donors (Lipinski definition) is 1. The molecule has 1 atom stereocenters. The van der Waals surface area contributed by atoms with Crippen molar-refractivity contribution in [2.24, 2.45) is 0 Å². The van der Waals surface area contributed by atoms with E-state index < -0.39 is 0 Å². The molecular formula is C15H14ClN3. The van der Waals surface area contributed by atoms with Gasteiger partial charge in [-0.2, -0.15) is 5.26 Å². The van der Waals surface area contributed by atoms with Crippen molar-refractivity contribution in [2.75, 3.05) is 5.32 Å². The van der Waals surface area contributed by atoms with Crippen molar-refractivity contribution in [1.29, 1.82) is 5.26 Å². The second-order valence-electron chi connectivity index (χ2n) is 4.38. The first-order chi connectivity index (χ1) is 9.10. The van der Waals surface area contributed by atoms with Crippen LogP contribution in [0.4, 0.5) is 5.82 Å². The molecule has 0 fully saturated rings. The molecule has 0 aliphatic carbocycles. The van der Waals surface area contributed by atoms with Crippen molar-refractivity contribution >= 4 is 17.4 Å². The van der Waals surface area contributed by atoms with Gasteiger partial charge in [-0.25, -0.2) is 4.98 Å². The number of hydrogen-bond acceptors (Lipinski definition) is 3. The lowest BCUT2D eigenvalue weighted by molar-refractivity contribution is 0.871. The van der Waals surface area contributed by atoms with Gasteiger partial charge in [0.05, 0.1) is 5.56 Å². The van der Waals surface area contributed by atoms with Gasteiger partial charge in [-0.05, 0) is 43.7 Å². The minimum atomic E-state index is 0.0543. The first-order valence-corrected chi connectivity index (χ1v) is 6.37. The van der Waals surface area contributed by atoms with E-state index in [1.54, 1.807) is 6.07 Å². The minimum Gasteiger partial charge on any atom is -0.362 e. The van der Waals surface area contributed by atoms with Crippen LogP contribution >= 0.6 is 11.6 Å². The second kappa shape index (κ2) is 5.73. The van der Waals surface area contributed by atoms with Crippen LogP contribution < -0.4 is 5.32 Å². The third-order valence-electron chi connectivity index (χ3n) is 2.88. The van der Waals surface area contributed by atoms with Crippen molar-refractivity contribution in [3.05, 3.63) is 58.2 Å². The smallest absolute Gasteiger partial charge is 0.144 e. The highest BCUT2D eigenvalue weighted by molar-refractivity contribution is 6.30. The summed E-state index contributed by atoms with van der Waals surface area (Å²) in [4.78, 5) is 4.37. The normalized spacial score (nSPS) is 11.7. The molecule has 4 heteroatoms. The lowest BCUT2D eigenvalue weighted by atomic mass is 10.1. The summed E-state index contributed by atoms with van der Waals surface area (Å²) in [6.45, 7) is 3.92. The highest BCUT2D eigenvalue weighted by Gasteiger charge is 2.09. The fourth-order valence-corrected chi connectivity index (χ4v) is 1.92. The first kappa shape index (κ1) is 13.4.